The molecule has 0 unspecified atom stereocenters. The SMILES string of the molecule is COc1ccc(-c2noc3nc(C4CC4)cc(C(=O)Nc4cnn(Cc5ccccc5)c4)c23)cc1. The predicted octanol–water partition coefficient (Wildman–Crippen LogP) is 5.27. The first-order valence-electron chi connectivity index (χ1n) is 11.5. The third-order valence-electron chi connectivity index (χ3n) is 6.15. The smallest absolute Gasteiger partial charge is 0.259 e. The van der Waals surface area contributed by atoms with Gasteiger partial charge in [-0.3, -0.25) is 9.48 Å². The van der Waals surface area contributed by atoms with Gasteiger partial charge in [-0.2, -0.15) is 5.10 Å². The minimum atomic E-state index is -0.253. The molecule has 35 heavy (non-hydrogen) atoms. The van der Waals surface area contributed by atoms with Gasteiger partial charge in [-0.1, -0.05) is 35.5 Å². The molecule has 1 N–H and O–H groups in total. The molecular weight excluding hydrogens is 442 g/mol. The highest BCUT2D eigenvalue weighted by Crippen LogP contribution is 2.41. The maximum absolute atomic E-state index is 13.5. The number of ether oxygens (including phenoxy) is 1. The fourth-order valence-corrected chi connectivity index (χ4v) is 4.17. The zero-order valence-corrected chi connectivity index (χ0v) is 19.1. The molecule has 0 atom stereocenters. The van der Waals surface area contributed by atoms with Crippen LogP contribution in [0, 0.1) is 0 Å². The van der Waals surface area contributed by atoms with Crippen LogP contribution in [0.1, 0.15) is 40.4 Å². The van der Waals surface area contributed by atoms with Crippen LogP contribution in [-0.4, -0.2) is 32.9 Å². The van der Waals surface area contributed by atoms with Crippen LogP contribution in [0.15, 0.2) is 77.6 Å². The Bertz CT molecular complexity index is 1500. The quantitative estimate of drug-likeness (QED) is 0.352. The van der Waals surface area contributed by atoms with Crippen LogP contribution in [0.4, 0.5) is 5.69 Å². The van der Waals surface area contributed by atoms with Gasteiger partial charge in [-0.05, 0) is 48.7 Å². The van der Waals surface area contributed by atoms with Gasteiger partial charge < -0.3 is 14.6 Å². The Labute approximate surface area is 201 Å². The van der Waals surface area contributed by atoms with Crippen molar-refractivity contribution in [3.63, 3.8) is 0 Å². The lowest BCUT2D eigenvalue weighted by Gasteiger charge is -2.08. The van der Waals surface area contributed by atoms with E-state index in [9.17, 15) is 4.79 Å². The summed E-state index contributed by atoms with van der Waals surface area (Å²) in [5, 5.41) is 12.2. The maximum atomic E-state index is 13.5. The van der Waals surface area contributed by atoms with Crippen molar-refractivity contribution in [2.75, 3.05) is 12.4 Å². The number of hydrogen-bond donors (Lipinski definition) is 1. The summed E-state index contributed by atoms with van der Waals surface area (Å²) in [6, 6.07) is 19.4. The molecule has 8 heteroatoms. The standard InChI is InChI=1S/C27H23N5O3/c1-34-21-11-9-19(10-12-21)25-24-22(13-23(18-7-8-18)30-27(24)35-31-25)26(33)29-20-14-28-32(16-20)15-17-5-3-2-4-6-17/h2-6,9-14,16,18H,7-8,15H2,1H3,(H,29,33). The Kier molecular flexibility index (Phi) is 5.25. The second-order valence-corrected chi connectivity index (χ2v) is 8.68. The van der Waals surface area contributed by atoms with E-state index >= 15 is 0 Å². The Balaban J connectivity index is 1.34. The van der Waals surface area contributed by atoms with Crippen LogP contribution in [0.25, 0.3) is 22.4 Å². The highest BCUT2D eigenvalue weighted by atomic mass is 16.5. The van der Waals surface area contributed by atoms with Crippen molar-refractivity contribution in [2.45, 2.75) is 25.3 Å². The van der Waals surface area contributed by atoms with Gasteiger partial charge in [0.1, 0.15) is 11.4 Å². The van der Waals surface area contributed by atoms with Crippen LogP contribution >= 0.6 is 0 Å². The summed E-state index contributed by atoms with van der Waals surface area (Å²) in [7, 11) is 1.62. The number of pyridine rings is 1. The van der Waals surface area contributed by atoms with Crippen LogP contribution in [0.2, 0.25) is 0 Å². The van der Waals surface area contributed by atoms with Crippen molar-refractivity contribution in [1.82, 2.24) is 19.9 Å². The number of hydrogen-bond acceptors (Lipinski definition) is 6. The van der Waals surface area contributed by atoms with E-state index < -0.39 is 0 Å². The predicted molar refractivity (Wildman–Crippen MR) is 131 cm³/mol. The Morgan fingerprint density at radius 3 is 2.69 bits per heavy atom. The lowest BCUT2D eigenvalue weighted by atomic mass is 10.0. The summed E-state index contributed by atoms with van der Waals surface area (Å²) in [5.41, 5.74) is 4.85. The molecule has 1 aliphatic rings. The van der Waals surface area contributed by atoms with E-state index in [0.717, 1.165) is 35.4 Å². The van der Waals surface area contributed by atoms with E-state index in [1.807, 2.05) is 66.9 Å². The number of aromatic nitrogens is 4. The second kappa shape index (κ2) is 8.72. The minimum Gasteiger partial charge on any atom is -0.497 e. The molecule has 0 bridgehead atoms. The lowest BCUT2D eigenvalue weighted by Crippen LogP contribution is -2.13. The molecule has 8 nitrogen and oxygen atoms in total. The number of methoxy groups -OCH3 is 1. The van der Waals surface area contributed by atoms with Crippen molar-refractivity contribution >= 4 is 22.7 Å². The Morgan fingerprint density at radius 1 is 1.14 bits per heavy atom. The van der Waals surface area contributed by atoms with Gasteiger partial charge in [-0.25, -0.2) is 4.98 Å². The van der Waals surface area contributed by atoms with Gasteiger partial charge in [0, 0.05) is 23.4 Å². The lowest BCUT2D eigenvalue weighted by molar-refractivity contribution is 0.102. The molecule has 1 aliphatic carbocycles. The number of nitrogens with one attached hydrogen (secondary N) is 1. The van der Waals surface area contributed by atoms with Gasteiger partial charge in [0.2, 0.25) is 0 Å². The summed E-state index contributed by atoms with van der Waals surface area (Å²) in [6.45, 7) is 0.620. The van der Waals surface area contributed by atoms with Crippen molar-refractivity contribution in [3.8, 4) is 17.0 Å². The Morgan fingerprint density at radius 2 is 1.94 bits per heavy atom. The van der Waals surface area contributed by atoms with Crippen molar-refractivity contribution in [3.05, 3.63) is 89.9 Å². The molecule has 1 fully saturated rings. The van der Waals surface area contributed by atoms with Gasteiger partial charge in [0.25, 0.3) is 11.6 Å². The second-order valence-electron chi connectivity index (χ2n) is 8.68. The maximum Gasteiger partial charge on any atom is 0.259 e. The monoisotopic (exact) mass is 465 g/mol. The van der Waals surface area contributed by atoms with Gasteiger partial charge in [-0.15, -0.1) is 0 Å². The Hall–Kier alpha value is -4.46. The molecule has 1 amide bonds. The molecule has 0 aliphatic heterocycles. The summed E-state index contributed by atoms with van der Waals surface area (Å²) >= 11 is 0. The van der Waals surface area contributed by atoms with E-state index in [1.165, 1.54) is 0 Å². The molecule has 1 saturated carbocycles. The van der Waals surface area contributed by atoms with E-state index in [-0.39, 0.29) is 5.91 Å². The highest BCUT2D eigenvalue weighted by molar-refractivity contribution is 6.14. The number of fused-ring (bicyclic) bond motifs is 1. The molecule has 0 saturated heterocycles. The topological polar surface area (TPSA) is 95.1 Å². The average Bonchev–Trinajstić information content (AvgIpc) is 3.52. The number of amides is 1. The van der Waals surface area contributed by atoms with Crippen LogP contribution < -0.4 is 10.1 Å². The van der Waals surface area contributed by atoms with Crippen LogP contribution in [0.3, 0.4) is 0 Å². The summed E-state index contributed by atoms with van der Waals surface area (Å²) in [6.07, 6.45) is 5.60. The molecular formula is C27H23N5O3. The molecule has 5 aromatic rings. The van der Waals surface area contributed by atoms with E-state index in [0.29, 0.717) is 40.5 Å². The first-order valence-corrected chi connectivity index (χ1v) is 11.5. The molecule has 2 aromatic carbocycles. The van der Waals surface area contributed by atoms with E-state index in [2.05, 4.69) is 20.6 Å². The molecule has 3 heterocycles. The zero-order valence-electron chi connectivity index (χ0n) is 19.1. The summed E-state index contributed by atoms with van der Waals surface area (Å²) < 4.78 is 12.7. The van der Waals surface area contributed by atoms with E-state index in [1.54, 1.807) is 18.0 Å². The number of carbonyl (C=O) groups is 1. The van der Waals surface area contributed by atoms with Crippen molar-refractivity contribution in [1.29, 1.82) is 0 Å². The molecule has 174 valence electrons. The first kappa shape index (κ1) is 21.1. The largest absolute Gasteiger partial charge is 0.497 e. The normalized spacial score (nSPS) is 13.2. The fraction of sp³-hybridized carbons (Fsp3) is 0.185. The zero-order chi connectivity index (χ0) is 23.8. The number of anilines is 1. The number of benzene rings is 2. The van der Waals surface area contributed by atoms with Gasteiger partial charge in [0.05, 0.1) is 36.5 Å². The minimum absolute atomic E-state index is 0.253. The number of rotatable bonds is 7. The molecule has 3 aromatic heterocycles. The van der Waals surface area contributed by atoms with Crippen LogP contribution in [0.5, 0.6) is 5.75 Å². The average molecular weight is 466 g/mol. The number of nitrogens with zero attached hydrogens (tertiary/aromatic N) is 4. The van der Waals surface area contributed by atoms with Gasteiger partial charge >= 0.3 is 0 Å². The van der Waals surface area contributed by atoms with Gasteiger partial charge in [0.15, 0.2) is 0 Å². The molecule has 0 radical (unpaired) electrons. The van der Waals surface area contributed by atoms with E-state index in [4.69, 9.17) is 9.26 Å². The van der Waals surface area contributed by atoms with Crippen molar-refractivity contribution < 1.29 is 14.1 Å². The fourth-order valence-electron chi connectivity index (χ4n) is 4.17. The molecule has 6 rings (SSSR count). The van der Waals surface area contributed by atoms with Crippen LogP contribution in [-0.2, 0) is 6.54 Å². The third-order valence-corrected chi connectivity index (χ3v) is 6.15. The number of carbonyl (C=O) groups excluding carboxylic acids is 1. The first-order chi connectivity index (χ1) is 17.2. The molecule has 0 spiro atoms. The third kappa shape index (κ3) is 4.26. The van der Waals surface area contributed by atoms with Crippen molar-refractivity contribution in [2.24, 2.45) is 0 Å². The highest BCUT2D eigenvalue weighted by Gasteiger charge is 2.29. The summed E-state index contributed by atoms with van der Waals surface area (Å²) in [4.78, 5) is 18.2. The summed E-state index contributed by atoms with van der Waals surface area (Å²) in [5.74, 6) is 0.840.